The molecule has 8 heteroatoms. The summed E-state index contributed by atoms with van der Waals surface area (Å²) < 4.78 is 19.7. The predicted octanol–water partition coefficient (Wildman–Crippen LogP) is 1.61. The van der Waals surface area contributed by atoms with Crippen LogP contribution < -0.4 is 10.6 Å². The Kier molecular flexibility index (Phi) is 7.87. The van der Waals surface area contributed by atoms with Crippen LogP contribution in [-0.4, -0.2) is 53.3 Å². The van der Waals surface area contributed by atoms with E-state index in [-0.39, 0.29) is 30.6 Å². The summed E-state index contributed by atoms with van der Waals surface area (Å²) in [6.45, 7) is 0.186. The lowest BCUT2D eigenvalue weighted by molar-refractivity contribution is -0.121. The van der Waals surface area contributed by atoms with Gasteiger partial charge in [-0.2, -0.15) is 0 Å². The third kappa shape index (κ3) is 6.08. The van der Waals surface area contributed by atoms with Gasteiger partial charge in [-0.3, -0.25) is 14.6 Å². The topological polar surface area (TPSA) is 101 Å². The van der Waals surface area contributed by atoms with E-state index in [9.17, 15) is 19.1 Å². The van der Waals surface area contributed by atoms with Crippen molar-refractivity contribution in [2.75, 3.05) is 13.2 Å². The molecule has 1 aromatic carbocycles. The molecule has 2 heterocycles. The maximum Gasteiger partial charge on any atom is 0.254 e. The van der Waals surface area contributed by atoms with Crippen molar-refractivity contribution in [2.45, 2.75) is 43.9 Å². The molecule has 1 aliphatic heterocycles. The number of rotatable bonds is 8. The Balaban J connectivity index is 1.43. The summed E-state index contributed by atoms with van der Waals surface area (Å²) in [5, 5.41) is 15.3. The van der Waals surface area contributed by atoms with E-state index in [0.29, 0.717) is 31.5 Å². The molecule has 0 unspecified atom stereocenters. The monoisotopic (exact) mass is 415 g/mol. The molecule has 3 rings (SSSR count). The summed E-state index contributed by atoms with van der Waals surface area (Å²) in [4.78, 5) is 28.5. The molecule has 2 aromatic rings. The van der Waals surface area contributed by atoms with E-state index in [1.54, 1.807) is 24.4 Å². The fourth-order valence-electron chi connectivity index (χ4n) is 3.50. The lowest BCUT2D eigenvalue weighted by Crippen LogP contribution is -2.51. The Morgan fingerprint density at radius 3 is 2.70 bits per heavy atom. The Labute approximate surface area is 174 Å². The van der Waals surface area contributed by atoms with E-state index in [1.165, 1.54) is 18.2 Å². The number of nitrogens with one attached hydrogen (secondary N) is 2. The molecule has 7 nitrogen and oxygen atoms in total. The van der Waals surface area contributed by atoms with E-state index in [2.05, 4.69) is 15.6 Å². The number of ether oxygens (including phenoxy) is 1. The number of hydrogen-bond acceptors (Lipinski definition) is 5. The van der Waals surface area contributed by atoms with Gasteiger partial charge in [0.1, 0.15) is 11.9 Å². The fourth-order valence-corrected chi connectivity index (χ4v) is 3.50. The molecule has 0 bridgehead atoms. The third-order valence-corrected chi connectivity index (χ3v) is 5.09. The molecule has 1 aliphatic rings. The van der Waals surface area contributed by atoms with Gasteiger partial charge in [0.25, 0.3) is 5.91 Å². The Bertz CT molecular complexity index is 849. The lowest BCUT2D eigenvalue weighted by atomic mass is 9.96. The molecule has 1 aromatic heterocycles. The second-order valence-electron chi connectivity index (χ2n) is 7.25. The summed E-state index contributed by atoms with van der Waals surface area (Å²) in [5.74, 6) is -1.23. The first-order valence-electron chi connectivity index (χ1n) is 10.0. The first kappa shape index (κ1) is 21.9. The van der Waals surface area contributed by atoms with Crippen molar-refractivity contribution in [2.24, 2.45) is 0 Å². The van der Waals surface area contributed by atoms with Gasteiger partial charge in [0.2, 0.25) is 5.91 Å². The number of aliphatic hydroxyl groups is 1. The number of amides is 2. The van der Waals surface area contributed by atoms with Crippen LogP contribution in [0.5, 0.6) is 0 Å². The second-order valence-corrected chi connectivity index (χ2v) is 7.25. The summed E-state index contributed by atoms with van der Waals surface area (Å²) >= 11 is 0. The number of nitrogens with zero attached hydrogens (tertiary/aromatic N) is 1. The molecule has 160 valence electrons. The molecule has 1 saturated heterocycles. The van der Waals surface area contributed by atoms with Crippen LogP contribution in [0.4, 0.5) is 4.39 Å². The molecule has 0 spiro atoms. The van der Waals surface area contributed by atoms with Crippen molar-refractivity contribution < 1.29 is 23.8 Å². The number of halogens is 1. The molecule has 1 fully saturated rings. The molecule has 2 amide bonds. The number of carbonyl (C=O) groups is 2. The van der Waals surface area contributed by atoms with Crippen molar-refractivity contribution in [3.63, 3.8) is 0 Å². The summed E-state index contributed by atoms with van der Waals surface area (Å²) in [6.07, 6.45) is 3.00. The van der Waals surface area contributed by atoms with Gasteiger partial charge >= 0.3 is 0 Å². The zero-order valence-electron chi connectivity index (χ0n) is 16.6. The molecular weight excluding hydrogens is 389 g/mol. The first-order chi connectivity index (χ1) is 14.6. The van der Waals surface area contributed by atoms with Crippen LogP contribution in [0.25, 0.3) is 0 Å². The average Bonchev–Trinajstić information content (AvgIpc) is 2.75. The van der Waals surface area contributed by atoms with Gasteiger partial charge in [-0.1, -0.05) is 18.2 Å². The Morgan fingerprint density at radius 2 is 1.97 bits per heavy atom. The van der Waals surface area contributed by atoms with Crippen molar-refractivity contribution in [1.82, 2.24) is 15.6 Å². The highest BCUT2D eigenvalue weighted by atomic mass is 19.1. The minimum atomic E-state index is -0.591. The van der Waals surface area contributed by atoms with Crippen molar-refractivity contribution in [3.05, 3.63) is 65.7 Å². The fraction of sp³-hybridized carbons (Fsp3) is 0.409. The Hall–Kier alpha value is -2.84. The van der Waals surface area contributed by atoms with E-state index >= 15 is 0 Å². The van der Waals surface area contributed by atoms with Gasteiger partial charge in [-0.25, -0.2) is 4.39 Å². The van der Waals surface area contributed by atoms with Crippen LogP contribution in [0.3, 0.4) is 0 Å². The number of pyridine rings is 1. The summed E-state index contributed by atoms with van der Waals surface area (Å²) in [5.41, 5.74) is 0.671. The van der Waals surface area contributed by atoms with Crippen LogP contribution in [0.15, 0.2) is 48.7 Å². The molecule has 0 saturated carbocycles. The Morgan fingerprint density at radius 1 is 1.17 bits per heavy atom. The molecule has 0 radical (unpaired) electrons. The van der Waals surface area contributed by atoms with Crippen molar-refractivity contribution >= 4 is 11.8 Å². The molecule has 3 N–H and O–H groups in total. The third-order valence-electron chi connectivity index (χ3n) is 5.09. The quantitative estimate of drug-likeness (QED) is 0.608. The lowest BCUT2D eigenvalue weighted by Gasteiger charge is -2.36. The highest BCUT2D eigenvalue weighted by Crippen LogP contribution is 2.22. The van der Waals surface area contributed by atoms with E-state index in [4.69, 9.17) is 4.74 Å². The number of hydrogen-bond donors (Lipinski definition) is 3. The van der Waals surface area contributed by atoms with Crippen LogP contribution in [0.2, 0.25) is 0 Å². The average molecular weight is 415 g/mol. The summed E-state index contributed by atoms with van der Waals surface area (Å²) in [7, 11) is 0. The van der Waals surface area contributed by atoms with E-state index in [1.807, 2.05) is 6.07 Å². The highest BCUT2D eigenvalue weighted by molar-refractivity contribution is 5.94. The number of benzene rings is 1. The number of aromatic nitrogens is 1. The van der Waals surface area contributed by atoms with Gasteiger partial charge < -0.3 is 20.5 Å². The summed E-state index contributed by atoms with van der Waals surface area (Å²) in [6, 6.07) is 10.8. The van der Waals surface area contributed by atoms with Crippen molar-refractivity contribution in [1.29, 1.82) is 0 Å². The van der Waals surface area contributed by atoms with Gasteiger partial charge in [-0.05, 0) is 43.5 Å². The first-order valence-corrected chi connectivity index (χ1v) is 10.0. The van der Waals surface area contributed by atoms with Crippen LogP contribution >= 0.6 is 0 Å². The molecule has 30 heavy (non-hydrogen) atoms. The molecule has 0 aliphatic carbocycles. The highest BCUT2D eigenvalue weighted by Gasteiger charge is 2.32. The van der Waals surface area contributed by atoms with E-state index in [0.717, 1.165) is 0 Å². The normalized spacial score (nSPS) is 21.1. The maximum absolute atomic E-state index is 13.8. The zero-order valence-corrected chi connectivity index (χ0v) is 16.6. The van der Waals surface area contributed by atoms with Crippen LogP contribution in [0, 0.1) is 5.82 Å². The van der Waals surface area contributed by atoms with Gasteiger partial charge in [0.15, 0.2) is 0 Å². The smallest absolute Gasteiger partial charge is 0.254 e. The SMILES string of the molecule is O=C(Cc1ccccn1)NCC[C@H]1CC[C@@H](NC(=O)c2ccccc2F)[C@@H](CO)O1. The standard InChI is InChI=1S/C22H26FN3O4/c23-18-7-2-1-6-17(18)22(29)26-19-9-8-16(30-20(19)14-27)10-12-25-21(28)13-15-5-3-4-11-24-15/h1-7,11,16,19-20,27H,8-10,12-14H2,(H,25,28)(H,26,29)/t16-,19-,20-/m1/s1. The second kappa shape index (κ2) is 10.8. The number of carbonyl (C=O) groups excluding carboxylic acids is 2. The maximum atomic E-state index is 13.8. The minimum Gasteiger partial charge on any atom is -0.394 e. The zero-order chi connectivity index (χ0) is 21.3. The van der Waals surface area contributed by atoms with Gasteiger partial charge in [0.05, 0.1) is 30.7 Å². The minimum absolute atomic E-state index is 0.0352. The molecule has 3 atom stereocenters. The van der Waals surface area contributed by atoms with Crippen LogP contribution in [0.1, 0.15) is 35.3 Å². The number of aliphatic hydroxyl groups excluding tert-OH is 1. The predicted molar refractivity (Wildman–Crippen MR) is 108 cm³/mol. The van der Waals surface area contributed by atoms with Crippen LogP contribution in [-0.2, 0) is 16.0 Å². The van der Waals surface area contributed by atoms with Gasteiger partial charge in [-0.15, -0.1) is 0 Å². The molecular formula is C22H26FN3O4. The van der Waals surface area contributed by atoms with Gasteiger partial charge in [0, 0.05) is 18.4 Å². The van der Waals surface area contributed by atoms with E-state index < -0.39 is 23.9 Å². The van der Waals surface area contributed by atoms with Crippen molar-refractivity contribution in [3.8, 4) is 0 Å². The largest absolute Gasteiger partial charge is 0.394 e.